The van der Waals surface area contributed by atoms with Crippen LogP contribution in [0.15, 0.2) is 18.2 Å². The minimum absolute atomic E-state index is 0.0197. The zero-order valence-electron chi connectivity index (χ0n) is 11.0. The molecular formula is C15H16O4. The molecule has 4 nitrogen and oxygen atoms in total. The maximum Gasteiger partial charge on any atom is 0.309 e. The SMILES string of the molecule is CCOC(=O)C1[C@H]2c3ccc(C(C)=O)cc3OC[C@@H]12. The molecule has 1 aliphatic heterocycles. The Hall–Kier alpha value is -1.84. The number of rotatable bonds is 3. The van der Waals surface area contributed by atoms with Crippen LogP contribution in [0.25, 0.3) is 0 Å². The highest BCUT2D eigenvalue weighted by atomic mass is 16.5. The number of ether oxygens (including phenoxy) is 2. The Balaban J connectivity index is 1.87. The fraction of sp³-hybridized carbons (Fsp3) is 0.467. The van der Waals surface area contributed by atoms with Gasteiger partial charge in [0.15, 0.2) is 5.78 Å². The Morgan fingerprint density at radius 3 is 2.89 bits per heavy atom. The first-order chi connectivity index (χ1) is 9.13. The lowest BCUT2D eigenvalue weighted by atomic mass is 10.0. The quantitative estimate of drug-likeness (QED) is 0.617. The van der Waals surface area contributed by atoms with Crippen molar-refractivity contribution in [2.24, 2.45) is 11.8 Å². The second kappa shape index (κ2) is 4.37. The number of Topliss-reactive ketones (excluding diaryl/α,β-unsaturated/α-hetero) is 1. The molecule has 1 aromatic rings. The molecule has 0 aromatic heterocycles. The van der Waals surface area contributed by atoms with E-state index in [2.05, 4.69) is 0 Å². The highest BCUT2D eigenvalue weighted by molar-refractivity contribution is 5.94. The summed E-state index contributed by atoms with van der Waals surface area (Å²) in [6.45, 7) is 4.29. The number of benzene rings is 1. The molecule has 1 aromatic carbocycles. The molecule has 100 valence electrons. The van der Waals surface area contributed by atoms with E-state index in [-0.39, 0.29) is 29.5 Å². The molecule has 2 aliphatic rings. The van der Waals surface area contributed by atoms with Crippen molar-refractivity contribution in [3.8, 4) is 5.75 Å². The van der Waals surface area contributed by atoms with Gasteiger partial charge < -0.3 is 9.47 Å². The molecule has 1 unspecified atom stereocenters. The maximum absolute atomic E-state index is 11.8. The minimum atomic E-state index is -0.135. The first-order valence-electron chi connectivity index (χ1n) is 6.57. The number of carbonyl (C=O) groups excluding carboxylic acids is 2. The lowest BCUT2D eigenvalue weighted by Gasteiger charge is -2.16. The molecule has 3 atom stereocenters. The van der Waals surface area contributed by atoms with Gasteiger partial charge >= 0.3 is 5.97 Å². The monoisotopic (exact) mass is 260 g/mol. The van der Waals surface area contributed by atoms with E-state index >= 15 is 0 Å². The number of fused-ring (bicyclic) bond motifs is 3. The second-order valence-electron chi connectivity index (χ2n) is 5.09. The van der Waals surface area contributed by atoms with Crippen LogP contribution in [0.5, 0.6) is 5.75 Å². The van der Waals surface area contributed by atoms with Gasteiger partial charge in [0.2, 0.25) is 0 Å². The Labute approximate surface area is 111 Å². The summed E-state index contributed by atoms with van der Waals surface area (Å²) in [7, 11) is 0. The smallest absolute Gasteiger partial charge is 0.309 e. The molecule has 3 rings (SSSR count). The Morgan fingerprint density at radius 2 is 2.21 bits per heavy atom. The van der Waals surface area contributed by atoms with E-state index in [0.717, 1.165) is 11.3 Å². The van der Waals surface area contributed by atoms with Crippen molar-refractivity contribution in [2.45, 2.75) is 19.8 Å². The van der Waals surface area contributed by atoms with Crippen LogP contribution in [0.3, 0.4) is 0 Å². The van der Waals surface area contributed by atoms with Crippen LogP contribution in [-0.4, -0.2) is 25.0 Å². The molecule has 1 saturated carbocycles. The molecule has 0 saturated heterocycles. The van der Waals surface area contributed by atoms with Crippen LogP contribution in [0.4, 0.5) is 0 Å². The third kappa shape index (κ3) is 1.91. The van der Waals surface area contributed by atoms with Crippen LogP contribution in [-0.2, 0) is 9.53 Å². The lowest BCUT2D eigenvalue weighted by Crippen LogP contribution is -2.11. The zero-order valence-corrected chi connectivity index (χ0v) is 11.0. The van der Waals surface area contributed by atoms with Gasteiger partial charge in [0.1, 0.15) is 5.75 Å². The summed E-state index contributed by atoms with van der Waals surface area (Å²) < 4.78 is 10.8. The van der Waals surface area contributed by atoms with Crippen LogP contribution in [0.1, 0.15) is 35.7 Å². The predicted molar refractivity (Wildman–Crippen MR) is 68.3 cm³/mol. The maximum atomic E-state index is 11.8. The Kier molecular flexibility index (Phi) is 2.81. The number of carbonyl (C=O) groups is 2. The van der Waals surface area contributed by atoms with Crippen LogP contribution >= 0.6 is 0 Å². The fourth-order valence-electron chi connectivity index (χ4n) is 2.90. The Bertz CT molecular complexity index is 549. The largest absolute Gasteiger partial charge is 0.493 e. The van der Waals surface area contributed by atoms with Gasteiger partial charge in [-0.2, -0.15) is 0 Å². The van der Waals surface area contributed by atoms with Gasteiger partial charge in [-0.05, 0) is 25.5 Å². The molecule has 0 bridgehead atoms. The summed E-state index contributed by atoms with van der Waals surface area (Å²) >= 11 is 0. The summed E-state index contributed by atoms with van der Waals surface area (Å²) in [5, 5.41) is 0. The molecule has 1 fully saturated rings. The third-order valence-electron chi connectivity index (χ3n) is 3.94. The average molecular weight is 260 g/mol. The number of hydrogen-bond acceptors (Lipinski definition) is 4. The molecular weight excluding hydrogens is 244 g/mol. The van der Waals surface area contributed by atoms with E-state index < -0.39 is 0 Å². The van der Waals surface area contributed by atoms with Crippen molar-refractivity contribution < 1.29 is 19.1 Å². The van der Waals surface area contributed by atoms with Crippen molar-refractivity contribution >= 4 is 11.8 Å². The van der Waals surface area contributed by atoms with Crippen LogP contribution < -0.4 is 4.74 Å². The summed E-state index contributed by atoms with van der Waals surface area (Å²) in [4.78, 5) is 23.2. The van der Waals surface area contributed by atoms with Crippen molar-refractivity contribution in [2.75, 3.05) is 13.2 Å². The first-order valence-corrected chi connectivity index (χ1v) is 6.57. The molecule has 1 aliphatic carbocycles. The lowest BCUT2D eigenvalue weighted by molar-refractivity contribution is -0.145. The number of ketones is 1. The van der Waals surface area contributed by atoms with Gasteiger partial charge in [-0.3, -0.25) is 9.59 Å². The second-order valence-corrected chi connectivity index (χ2v) is 5.09. The van der Waals surface area contributed by atoms with E-state index in [9.17, 15) is 9.59 Å². The predicted octanol–water partition coefficient (Wildman–Crippen LogP) is 2.17. The van der Waals surface area contributed by atoms with Gasteiger partial charge in [-0.1, -0.05) is 12.1 Å². The molecule has 0 radical (unpaired) electrons. The summed E-state index contributed by atoms with van der Waals surface area (Å²) in [5.74, 6) is 0.972. The number of hydrogen-bond donors (Lipinski definition) is 0. The van der Waals surface area contributed by atoms with Gasteiger partial charge in [-0.15, -0.1) is 0 Å². The van der Waals surface area contributed by atoms with Crippen molar-refractivity contribution in [3.63, 3.8) is 0 Å². The summed E-state index contributed by atoms with van der Waals surface area (Å²) in [6, 6.07) is 5.48. The van der Waals surface area contributed by atoms with Crippen molar-refractivity contribution in [1.82, 2.24) is 0 Å². The van der Waals surface area contributed by atoms with E-state index in [1.54, 1.807) is 12.1 Å². The van der Waals surface area contributed by atoms with Crippen molar-refractivity contribution in [1.29, 1.82) is 0 Å². The molecule has 19 heavy (non-hydrogen) atoms. The van der Waals surface area contributed by atoms with Crippen molar-refractivity contribution in [3.05, 3.63) is 29.3 Å². The van der Waals surface area contributed by atoms with Crippen LogP contribution in [0, 0.1) is 11.8 Å². The zero-order chi connectivity index (χ0) is 13.6. The topological polar surface area (TPSA) is 52.6 Å². The highest BCUT2D eigenvalue weighted by Crippen LogP contribution is 2.59. The van der Waals surface area contributed by atoms with E-state index in [1.807, 2.05) is 13.0 Å². The van der Waals surface area contributed by atoms with Gasteiger partial charge in [0.25, 0.3) is 0 Å². The third-order valence-corrected chi connectivity index (χ3v) is 3.94. The van der Waals surface area contributed by atoms with E-state index in [1.165, 1.54) is 6.92 Å². The molecule has 0 N–H and O–H groups in total. The first kappa shape index (κ1) is 12.2. The fourth-order valence-corrected chi connectivity index (χ4v) is 2.90. The summed E-state index contributed by atoms with van der Waals surface area (Å²) in [5.41, 5.74) is 1.67. The Morgan fingerprint density at radius 1 is 1.42 bits per heavy atom. The van der Waals surface area contributed by atoms with Gasteiger partial charge in [-0.25, -0.2) is 0 Å². The normalized spacial score (nSPS) is 26.7. The standard InChI is InChI=1S/C15H16O4/c1-3-18-15(17)14-11-7-19-12-6-9(8(2)16)4-5-10(12)13(11)14/h4-6,11,13-14H,3,7H2,1-2H3/t11-,13+,14?/m1/s1. The van der Waals surface area contributed by atoms with Gasteiger partial charge in [0.05, 0.1) is 19.1 Å². The molecule has 4 heteroatoms. The van der Waals surface area contributed by atoms with Crippen LogP contribution in [0.2, 0.25) is 0 Å². The van der Waals surface area contributed by atoms with Gasteiger partial charge in [0, 0.05) is 17.4 Å². The summed E-state index contributed by atoms with van der Waals surface area (Å²) in [6.07, 6.45) is 0. The molecule has 0 amide bonds. The molecule has 1 heterocycles. The van der Waals surface area contributed by atoms with E-state index in [4.69, 9.17) is 9.47 Å². The number of esters is 1. The molecule has 0 spiro atoms. The average Bonchev–Trinajstić information content (AvgIpc) is 3.13. The van der Waals surface area contributed by atoms with E-state index in [0.29, 0.717) is 18.8 Å². The minimum Gasteiger partial charge on any atom is -0.493 e. The highest BCUT2D eigenvalue weighted by Gasteiger charge is 2.59.